The zero-order valence-corrected chi connectivity index (χ0v) is 12.4. The molecule has 0 aromatic rings. The molecule has 0 fully saturated rings. The van der Waals surface area contributed by atoms with E-state index in [0.717, 1.165) is 0 Å². The van der Waals surface area contributed by atoms with Crippen molar-refractivity contribution >= 4 is 0 Å². The van der Waals surface area contributed by atoms with E-state index in [1.54, 1.807) is 0 Å². The van der Waals surface area contributed by atoms with E-state index in [-0.39, 0.29) is 128 Å². The van der Waals surface area contributed by atoms with Gasteiger partial charge in [-0.05, 0) is 0 Å². The van der Waals surface area contributed by atoms with Gasteiger partial charge in [-0.25, -0.2) is 0 Å². The van der Waals surface area contributed by atoms with Gasteiger partial charge in [-0.1, -0.05) is 0 Å². The fourth-order valence-corrected chi connectivity index (χ4v) is 0. The van der Waals surface area contributed by atoms with Gasteiger partial charge in [-0.2, -0.15) is 0 Å². The SMILES string of the molecule is F.O.O.O.O.O.O.O.O.O.O.O.O.[H-].[Na+].[Zr]. The summed E-state index contributed by atoms with van der Waals surface area (Å²) in [5.41, 5.74) is 0. The Morgan fingerprint density at radius 1 is 0.333 bits per heavy atom. The van der Waals surface area contributed by atoms with Crippen LogP contribution in [0.3, 0.4) is 0 Å². The Morgan fingerprint density at radius 2 is 0.333 bits per heavy atom. The molecular formula is H26FNaO12Zr. The van der Waals surface area contributed by atoms with Gasteiger partial charge in [0.2, 0.25) is 0 Å². The molecule has 0 radical (unpaired) electrons. The zero-order valence-electron chi connectivity index (χ0n) is 8.91. The molecule has 0 aromatic carbocycles. The van der Waals surface area contributed by atoms with Gasteiger partial charge in [-0.3, -0.25) is 4.70 Å². The van der Waals surface area contributed by atoms with Crippen molar-refractivity contribution in [1.82, 2.24) is 0 Å². The van der Waals surface area contributed by atoms with Gasteiger partial charge in [0.1, 0.15) is 0 Å². The van der Waals surface area contributed by atoms with E-state index < -0.39 is 0 Å². The number of hydrogen-bond donors (Lipinski definition) is 0. The predicted octanol–water partition coefficient (Wildman–Crippen LogP) is -12.6. The third-order valence-electron chi connectivity index (χ3n) is 0. The van der Waals surface area contributed by atoms with Crippen LogP contribution in [0.5, 0.6) is 0 Å². The summed E-state index contributed by atoms with van der Waals surface area (Å²) in [7, 11) is 0. The summed E-state index contributed by atoms with van der Waals surface area (Å²) in [4.78, 5) is 0. The molecule has 15 heteroatoms. The van der Waals surface area contributed by atoms with Crippen LogP contribution in [0.4, 0.5) is 4.70 Å². The quantitative estimate of drug-likeness (QED) is 0.366. The van der Waals surface area contributed by atoms with Gasteiger partial charge in [0.25, 0.3) is 0 Å². The molecule has 0 atom stereocenters. The second-order valence-electron chi connectivity index (χ2n) is 0. The summed E-state index contributed by atoms with van der Waals surface area (Å²) in [5, 5.41) is 0. The molecule has 12 nitrogen and oxygen atoms in total. The Kier molecular flexibility index (Phi) is 255000. The molecule has 0 saturated heterocycles. The summed E-state index contributed by atoms with van der Waals surface area (Å²) in [6.45, 7) is 0. The van der Waals surface area contributed by atoms with E-state index in [1.165, 1.54) is 0 Å². The van der Waals surface area contributed by atoms with Crippen molar-refractivity contribution in [3.63, 3.8) is 0 Å². The van der Waals surface area contributed by atoms with Crippen molar-refractivity contribution < 1.29 is 128 Å². The van der Waals surface area contributed by atoms with Crippen molar-refractivity contribution in [2.45, 2.75) is 0 Å². The second kappa shape index (κ2) is 1770. The molecule has 0 aromatic heterocycles. The first kappa shape index (κ1) is 2160. The first-order valence-electron chi connectivity index (χ1n) is 0. The first-order valence-corrected chi connectivity index (χ1v) is 0. The van der Waals surface area contributed by atoms with Gasteiger partial charge < -0.3 is 67.1 Å². The minimum Gasteiger partial charge on any atom is -1.00 e. The van der Waals surface area contributed by atoms with Gasteiger partial charge >= 0.3 is 29.6 Å². The molecule has 0 bridgehead atoms. The summed E-state index contributed by atoms with van der Waals surface area (Å²) in [6, 6.07) is 0. The van der Waals surface area contributed by atoms with E-state index >= 15 is 0 Å². The van der Waals surface area contributed by atoms with Crippen LogP contribution in [-0.4, -0.2) is 65.7 Å². The van der Waals surface area contributed by atoms with Crippen LogP contribution in [-0.2, 0) is 26.2 Å². The maximum absolute atomic E-state index is 0. The van der Waals surface area contributed by atoms with Crippen LogP contribution in [0.2, 0.25) is 0 Å². The summed E-state index contributed by atoms with van der Waals surface area (Å²) < 4.78 is 0. The summed E-state index contributed by atoms with van der Waals surface area (Å²) in [6.07, 6.45) is 0. The van der Waals surface area contributed by atoms with Crippen LogP contribution in [0, 0.1) is 0 Å². The van der Waals surface area contributed by atoms with Crippen molar-refractivity contribution in [3.05, 3.63) is 0 Å². The molecule has 0 spiro atoms. The average Bonchev–Trinajstić information content (AvgIpc) is 0. The first-order chi connectivity index (χ1) is 0. The Balaban J connectivity index is 0. The van der Waals surface area contributed by atoms with Crippen molar-refractivity contribution in [3.8, 4) is 0 Å². The molecule has 0 aliphatic rings. The van der Waals surface area contributed by atoms with Crippen LogP contribution in [0.1, 0.15) is 1.43 Å². The molecule has 0 unspecified atom stereocenters. The van der Waals surface area contributed by atoms with E-state index in [0.29, 0.717) is 0 Å². The fourth-order valence-electron chi connectivity index (χ4n) is 0. The van der Waals surface area contributed by atoms with Gasteiger partial charge in [0, 0.05) is 26.2 Å². The van der Waals surface area contributed by atoms with Crippen molar-refractivity contribution in [2.24, 2.45) is 0 Å². The molecule has 0 aliphatic heterocycles. The monoisotopic (exact) mass is 350 g/mol. The number of rotatable bonds is 0. The molecular weight excluding hydrogens is 325 g/mol. The number of halogens is 1. The molecule has 0 heterocycles. The minimum absolute atomic E-state index is 0. The van der Waals surface area contributed by atoms with Gasteiger partial charge in [0.05, 0.1) is 0 Å². The second-order valence-corrected chi connectivity index (χ2v) is 0. The largest absolute Gasteiger partial charge is 1.00 e. The summed E-state index contributed by atoms with van der Waals surface area (Å²) in [5.74, 6) is 0. The predicted molar refractivity (Wildman–Crippen MR) is 47.0 cm³/mol. The fraction of sp³-hybridized carbons (Fsp3) is 0. The van der Waals surface area contributed by atoms with Crippen molar-refractivity contribution in [1.29, 1.82) is 0 Å². The minimum atomic E-state index is 0. The molecule has 110 valence electrons. The average molecular weight is 351 g/mol. The standard InChI is InChI=1S/FH.Na.12H2O.Zr.H/h1H;;12*1H2;;/q;+1;;;;;;;;;;;;;;-1. The normalized spacial score (nSPS) is 0. The molecule has 0 aliphatic carbocycles. The molecule has 15 heavy (non-hydrogen) atoms. The third kappa shape index (κ3) is 1530. The van der Waals surface area contributed by atoms with Crippen LogP contribution >= 0.6 is 0 Å². The summed E-state index contributed by atoms with van der Waals surface area (Å²) >= 11 is 0. The Bertz CT molecular complexity index is 21.0. The van der Waals surface area contributed by atoms with E-state index in [1.807, 2.05) is 0 Å². The van der Waals surface area contributed by atoms with Gasteiger partial charge in [0.15, 0.2) is 0 Å². The Labute approximate surface area is 127 Å². The maximum Gasteiger partial charge on any atom is 1.00 e. The smallest absolute Gasteiger partial charge is 1.00 e. The third-order valence-corrected chi connectivity index (χ3v) is 0. The molecule has 0 rings (SSSR count). The molecule has 0 saturated carbocycles. The van der Waals surface area contributed by atoms with Crippen LogP contribution < -0.4 is 29.6 Å². The Hall–Kier alpha value is 1.33. The van der Waals surface area contributed by atoms with E-state index in [2.05, 4.69) is 0 Å². The van der Waals surface area contributed by atoms with Crippen LogP contribution in [0.15, 0.2) is 0 Å². The number of hydrogen-bond acceptors (Lipinski definition) is 0. The van der Waals surface area contributed by atoms with Crippen molar-refractivity contribution in [2.75, 3.05) is 0 Å². The Morgan fingerprint density at radius 3 is 0.333 bits per heavy atom. The molecule has 24 N–H and O–H groups in total. The van der Waals surface area contributed by atoms with E-state index in [4.69, 9.17) is 0 Å². The topological polar surface area (TPSA) is 378 Å². The van der Waals surface area contributed by atoms with Gasteiger partial charge in [-0.15, -0.1) is 0 Å². The molecule has 0 amide bonds. The van der Waals surface area contributed by atoms with Crippen LogP contribution in [0.25, 0.3) is 0 Å². The van der Waals surface area contributed by atoms with E-state index in [9.17, 15) is 0 Å². The maximum atomic E-state index is 0. The zero-order chi connectivity index (χ0) is 0.